The van der Waals surface area contributed by atoms with Crippen molar-refractivity contribution in [2.24, 2.45) is 0 Å². The Morgan fingerprint density at radius 2 is 2.00 bits per heavy atom. The van der Waals surface area contributed by atoms with E-state index in [1.54, 1.807) is 6.07 Å². The van der Waals surface area contributed by atoms with Crippen LogP contribution in [0.15, 0.2) is 12.1 Å². The summed E-state index contributed by atoms with van der Waals surface area (Å²) in [6.45, 7) is 0. The monoisotopic (exact) mass is 410 g/mol. The Balaban J connectivity index is 3.38. The Bertz CT molecular complexity index is 317. The summed E-state index contributed by atoms with van der Waals surface area (Å²) in [6, 6.07) is 2.97. The van der Waals surface area contributed by atoms with Crippen LogP contribution < -0.4 is 0 Å². The molecular formula is C7H2ClFI2O. The van der Waals surface area contributed by atoms with E-state index in [1.165, 1.54) is 6.07 Å². The molecule has 0 N–H and O–H groups in total. The molecule has 0 amide bonds. The molecule has 1 rings (SSSR count). The van der Waals surface area contributed by atoms with Crippen LogP contribution in [0, 0.1) is 13.0 Å². The van der Waals surface area contributed by atoms with E-state index in [1.807, 2.05) is 45.2 Å². The molecule has 0 aliphatic heterocycles. The minimum Gasteiger partial charge on any atom is -0.275 e. The number of carbonyl (C=O) groups is 1. The maximum absolute atomic E-state index is 13.0. The standard InChI is InChI=1S/C7H2ClFI2O/c8-7(12)6-4(9)1-3(10)2-5(6)11/h1-2H. The van der Waals surface area contributed by atoms with E-state index in [9.17, 15) is 9.18 Å². The van der Waals surface area contributed by atoms with Gasteiger partial charge in [0.15, 0.2) is 0 Å². The van der Waals surface area contributed by atoms with Gasteiger partial charge in [0, 0.05) is 7.14 Å². The van der Waals surface area contributed by atoms with Gasteiger partial charge in [0.2, 0.25) is 0 Å². The van der Waals surface area contributed by atoms with Crippen LogP contribution in [0.1, 0.15) is 10.4 Å². The molecule has 5 heteroatoms. The molecule has 0 aliphatic rings. The van der Waals surface area contributed by atoms with Crippen molar-refractivity contribution < 1.29 is 9.18 Å². The Hall–Kier alpha value is 0.570. The summed E-state index contributed by atoms with van der Waals surface area (Å²) in [5, 5.41) is -0.756. The Labute approximate surface area is 101 Å². The van der Waals surface area contributed by atoms with E-state index in [0.717, 1.165) is 3.57 Å². The van der Waals surface area contributed by atoms with Crippen molar-refractivity contribution >= 4 is 62.0 Å². The topological polar surface area (TPSA) is 17.1 Å². The fraction of sp³-hybridized carbons (Fsp3) is 0. The summed E-state index contributed by atoms with van der Waals surface area (Å²) >= 11 is 9.03. The van der Waals surface area contributed by atoms with Gasteiger partial charge in [-0.25, -0.2) is 4.39 Å². The van der Waals surface area contributed by atoms with Crippen LogP contribution in [0.3, 0.4) is 0 Å². The lowest BCUT2D eigenvalue weighted by atomic mass is 10.2. The largest absolute Gasteiger partial charge is 0.275 e. The summed E-state index contributed by atoms with van der Waals surface area (Å²) in [6.07, 6.45) is 0. The highest BCUT2D eigenvalue weighted by Crippen LogP contribution is 2.21. The van der Waals surface area contributed by atoms with Gasteiger partial charge in [-0.3, -0.25) is 4.79 Å². The van der Waals surface area contributed by atoms with Gasteiger partial charge in [-0.15, -0.1) is 0 Å². The van der Waals surface area contributed by atoms with E-state index in [2.05, 4.69) is 0 Å². The first kappa shape index (κ1) is 10.6. The molecule has 64 valence electrons. The van der Waals surface area contributed by atoms with Gasteiger partial charge >= 0.3 is 0 Å². The van der Waals surface area contributed by atoms with E-state index < -0.39 is 11.1 Å². The van der Waals surface area contributed by atoms with Crippen molar-refractivity contribution in [1.29, 1.82) is 0 Å². The quantitative estimate of drug-likeness (QED) is 0.512. The lowest BCUT2D eigenvalue weighted by molar-refractivity contribution is 0.107. The van der Waals surface area contributed by atoms with Crippen LogP contribution in [0.2, 0.25) is 0 Å². The molecule has 0 aromatic heterocycles. The molecule has 0 saturated carbocycles. The molecule has 0 heterocycles. The lowest BCUT2D eigenvalue weighted by Gasteiger charge is -2.00. The van der Waals surface area contributed by atoms with Gasteiger partial charge in [-0.1, -0.05) is 0 Å². The molecule has 1 nitrogen and oxygen atoms in total. The van der Waals surface area contributed by atoms with Crippen molar-refractivity contribution in [3.63, 3.8) is 0 Å². The molecule has 0 bridgehead atoms. The predicted molar refractivity (Wildman–Crippen MR) is 62.0 cm³/mol. The molecule has 0 spiro atoms. The van der Waals surface area contributed by atoms with Gasteiger partial charge in [0.25, 0.3) is 5.24 Å². The second-order valence-electron chi connectivity index (χ2n) is 2.02. The third kappa shape index (κ3) is 2.29. The van der Waals surface area contributed by atoms with Crippen LogP contribution in [0.25, 0.3) is 0 Å². The van der Waals surface area contributed by atoms with Crippen molar-refractivity contribution in [2.75, 3.05) is 0 Å². The van der Waals surface area contributed by atoms with Crippen LogP contribution in [-0.2, 0) is 0 Å². The van der Waals surface area contributed by atoms with Crippen molar-refractivity contribution in [1.82, 2.24) is 0 Å². The Kier molecular flexibility index (Phi) is 3.72. The molecule has 0 saturated heterocycles. The maximum Gasteiger partial charge on any atom is 0.256 e. The zero-order valence-electron chi connectivity index (χ0n) is 5.57. The lowest BCUT2D eigenvalue weighted by Crippen LogP contribution is -1.98. The van der Waals surface area contributed by atoms with Gasteiger partial charge in [0.1, 0.15) is 5.82 Å². The molecule has 12 heavy (non-hydrogen) atoms. The van der Waals surface area contributed by atoms with E-state index in [4.69, 9.17) is 11.6 Å². The number of carbonyl (C=O) groups excluding carboxylic acids is 1. The first-order valence-electron chi connectivity index (χ1n) is 2.86. The van der Waals surface area contributed by atoms with Crippen molar-refractivity contribution in [3.8, 4) is 0 Å². The van der Waals surface area contributed by atoms with Gasteiger partial charge in [-0.05, 0) is 68.9 Å². The number of rotatable bonds is 1. The van der Waals surface area contributed by atoms with Crippen LogP contribution in [0.4, 0.5) is 4.39 Å². The molecule has 1 aromatic rings. The first-order valence-corrected chi connectivity index (χ1v) is 5.40. The highest BCUT2D eigenvalue weighted by Gasteiger charge is 2.13. The third-order valence-electron chi connectivity index (χ3n) is 1.20. The van der Waals surface area contributed by atoms with Gasteiger partial charge in [-0.2, -0.15) is 0 Å². The SMILES string of the molecule is O=C(Cl)c1c(F)cc(I)cc1I. The summed E-state index contributed by atoms with van der Waals surface area (Å²) < 4.78 is 14.3. The zero-order valence-corrected chi connectivity index (χ0v) is 10.6. The Morgan fingerprint density at radius 3 is 2.42 bits per heavy atom. The normalized spacial score (nSPS) is 10.0. The van der Waals surface area contributed by atoms with Crippen molar-refractivity contribution in [2.45, 2.75) is 0 Å². The highest BCUT2D eigenvalue weighted by atomic mass is 127. The minimum absolute atomic E-state index is 0.0438. The fourth-order valence-corrected chi connectivity index (χ4v) is 3.10. The number of halogens is 4. The molecule has 0 radical (unpaired) electrons. The van der Waals surface area contributed by atoms with E-state index >= 15 is 0 Å². The van der Waals surface area contributed by atoms with E-state index in [-0.39, 0.29) is 5.56 Å². The number of hydrogen-bond acceptors (Lipinski definition) is 1. The Morgan fingerprint density at radius 1 is 1.42 bits per heavy atom. The molecule has 1 aromatic carbocycles. The second kappa shape index (κ2) is 4.19. The average Bonchev–Trinajstić information content (AvgIpc) is 1.82. The number of benzene rings is 1. The summed E-state index contributed by atoms with van der Waals surface area (Å²) in [5.74, 6) is -0.564. The maximum atomic E-state index is 13.0. The minimum atomic E-state index is -0.756. The van der Waals surface area contributed by atoms with Crippen LogP contribution >= 0.6 is 56.8 Å². The molecule has 0 atom stereocenters. The van der Waals surface area contributed by atoms with Crippen LogP contribution in [0.5, 0.6) is 0 Å². The first-order chi connectivity index (χ1) is 5.52. The van der Waals surface area contributed by atoms with Crippen LogP contribution in [-0.4, -0.2) is 5.24 Å². The van der Waals surface area contributed by atoms with Gasteiger partial charge < -0.3 is 0 Å². The second-order valence-corrected chi connectivity index (χ2v) is 4.77. The molecule has 0 fully saturated rings. The zero-order chi connectivity index (χ0) is 9.30. The van der Waals surface area contributed by atoms with Gasteiger partial charge in [0.05, 0.1) is 5.56 Å². The highest BCUT2D eigenvalue weighted by molar-refractivity contribution is 14.1. The average molecular weight is 410 g/mol. The van der Waals surface area contributed by atoms with Crippen molar-refractivity contribution in [3.05, 3.63) is 30.7 Å². The molecule has 0 unspecified atom stereocenters. The summed E-state index contributed by atoms with van der Waals surface area (Å²) in [5.41, 5.74) is -0.0438. The van der Waals surface area contributed by atoms with E-state index in [0.29, 0.717) is 3.57 Å². The third-order valence-corrected chi connectivity index (χ3v) is 2.87. The molecule has 0 aliphatic carbocycles. The fourth-order valence-electron chi connectivity index (χ4n) is 0.730. The predicted octanol–water partition coefficient (Wildman–Crippen LogP) is 3.41. The smallest absolute Gasteiger partial charge is 0.256 e. The summed E-state index contributed by atoms with van der Waals surface area (Å²) in [4.78, 5) is 10.7. The number of hydrogen-bond donors (Lipinski definition) is 0. The summed E-state index contributed by atoms with van der Waals surface area (Å²) in [7, 11) is 0. The molecular weight excluding hydrogens is 408 g/mol.